The van der Waals surface area contributed by atoms with E-state index in [0.29, 0.717) is 5.56 Å². The van der Waals surface area contributed by atoms with E-state index in [-0.39, 0.29) is 23.0 Å². The first-order valence-electron chi connectivity index (χ1n) is 8.07. The summed E-state index contributed by atoms with van der Waals surface area (Å²) in [4.78, 5) is 20.5. The standard InChI is InChI=1S/C19H12F3N3O3/c1-27-12-7-8-25-14(9-12)24-16(19(20,21)22)15(18(25)26)13-10-23-17(28-13)11-5-3-2-4-6-11/h2-10H,1H3. The Morgan fingerprint density at radius 1 is 1.14 bits per heavy atom. The second kappa shape index (κ2) is 6.52. The number of nitrogens with zero attached hydrogens (tertiary/aromatic N) is 3. The number of benzene rings is 1. The molecule has 6 nitrogen and oxygen atoms in total. The molecule has 0 bridgehead atoms. The molecule has 0 saturated heterocycles. The molecule has 0 aliphatic carbocycles. The molecule has 1 aromatic carbocycles. The quantitative estimate of drug-likeness (QED) is 0.531. The Morgan fingerprint density at radius 2 is 1.89 bits per heavy atom. The molecule has 0 aliphatic rings. The molecule has 0 N–H and O–H groups in total. The molecule has 4 aromatic rings. The molecule has 142 valence electrons. The van der Waals surface area contributed by atoms with Crippen LogP contribution in [0.4, 0.5) is 13.2 Å². The van der Waals surface area contributed by atoms with E-state index in [0.717, 1.165) is 10.6 Å². The van der Waals surface area contributed by atoms with Gasteiger partial charge in [-0.05, 0) is 18.2 Å². The zero-order valence-electron chi connectivity index (χ0n) is 14.4. The first-order valence-corrected chi connectivity index (χ1v) is 8.07. The van der Waals surface area contributed by atoms with E-state index >= 15 is 0 Å². The summed E-state index contributed by atoms with van der Waals surface area (Å²) in [6.45, 7) is 0. The summed E-state index contributed by atoms with van der Waals surface area (Å²) in [6, 6.07) is 11.3. The fourth-order valence-electron chi connectivity index (χ4n) is 2.78. The van der Waals surface area contributed by atoms with Crippen molar-refractivity contribution >= 4 is 5.65 Å². The van der Waals surface area contributed by atoms with Gasteiger partial charge in [0.15, 0.2) is 11.5 Å². The minimum absolute atomic E-state index is 0.1000. The Morgan fingerprint density at radius 3 is 2.57 bits per heavy atom. The van der Waals surface area contributed by atoms with Crippen LogP contribution in [0, 0.1) is 0 Å². The van der Waals surface area contributed by atoms with Crippen LogP contribution in [0.15, 0.2) is 64.1 Å². The summed E-state index contributed by atoms with van der Waals surface area (Å²) in [6.07, 6.45) is -2.49. The Labute approximate surface area is 155 Å². The highest BCUT2D eigenvalue weighted by Gasteiger charge is 2.39. The Hall–Kier alpha value is -3.62. The molecule has 0 aliphatic heterocycles. The van der Waals surface area contributed by atoms with Gasteiger partial charge in [-0.15, -0.1) is 0 Å². The van der Waals surface area contributed by atoms with Crippen molar-refractivity contribution in [2.24, 2.45) is 0 Å². The normalized spacial score (nSPS) is 11.7. The summed E-state index contributed by atoms with van der Waals surface area (Å²) in [7, 11) is 1.36. The summed E-state index contributed by atoms with van der Waals surface area (Å²) < 4.78 is 52.4. The predicted octanol–water partition coefficient (Wildman–Crippen LogP) is 4.04. The van der Waals surface area contributed by atoms with E-state index in [1.807, 2.05) is 0 Å². The van der Waals surface area contributed by atoms with Gasteiger partial charge in [-0.2, -0.15) is 13.2 Å². The average Bonchev–Trinajstić information content (AvgIpc) is 3.17. The number of fused-ring (bicyclic) bond motifs is 1. The van der Waals surface area contributed by atoms with E-state index in [4.69, 9.17) is 9.15 Å². The second-order valence-corrected chi connectivity index (χ2v) is 5.83. The number of hydrogen-bond acceptors (Lipinski definition) is 5. The number of ether oxygens (including phenoxy) is 1. The van der Waals surface area contributed by atoms with Crippen molar-refractivity contribution in [1.29, 1.82) is 0 Å². The van der Waals surface area contributed by atoms with Crippen molar-refractivity contribution in [2.45, 2.75) is 6.18 Å². The van der Waals surface area contributed by atoms with Gasteiger partial charge in [-0.25, -0.2) is 9.97 Å². The Balaban J connectivity index is 1.97. The average molecular weight is 387 g/mol. The second-order valence-electron chi connectivity index (χ2n) is 5.83. The predicted molar refractivity (Wildman–Crippen MR) is 93.9 cm³/mol. The fourth-order valence-corrected chi connectivity index (χ4v) is 2.78. The van der Waals surface area contributed by atoms with Crippen LogP contribution in [0.2, 0.25) is 0 Å². The van der Waals surface area contributed by atoms with Gasteiger partial charge in [0, 0.05) is 17.8 Å². The Kier molecular flexibility index (Phi) is 4.14. The van der Waals surface area contributed by atoms with E-state index in [1.165, 1.54) is 25.4 Å². The van der Waals surface area contributed by atoms with Crippen LogP contribution in [-0.4, -0.2) is 21.5 Å². The van der Waals surface area contributed by atoms with E-state index in [9.17, 15) is 18.0 Å². The minimum atomic E-state index is -4.87. The number of rotatable bonds is 3. The van der Waals surface area contributed by atoms with Gasteiger partial charge in [0.1, 0.15) is 17.0 Å². The lowest BCUT2D eigenvalue weighted by molar-refractivity contribution is -0.140. The van der Waals surface area contributed by atoms with Crippen LogP contribution in [0.5, 0.6) is 5.75 Å². The topological polar surface area (TPSA) is 69.6 Å². The van der Waals surface area contributed by atoms with Gasteiger partial charge in [0.2, 0.25) is 5.89 Å². The first kappa shape index (κ1) is 17.8. The molecule has 0 saturated carbocycles. The Bertz CT molecular complexity index is 1210. The molecule has 0 spiro atoms. The molecule has 0 radical (unpaired) electrons. The highest BCUT2D eigenvalue weighted by Crippen LogP contribution is 2.35. The zero-order valence-corrected chi connectivity index (χ0v) is 14.4. The minimum Gasteiger partial charge on any atom is -0.497 e. The van der Waals surface area contributed by atoms with E-state index in [2.05, 4.69) is 9.97 Å². The van der Waals surface area contributed by atoms with Crippen molar-refractivity contribution < 1.29 is 22.3 Å². The smallest absolute Gasteiger partial charge is 0.434 e. The number of alkyl halides is 3. The summed E-state index contributed by atoms with van der Waals surface area (Å²) in [5.74, 6) is 0.0654. The number of hydrogen-bond donors (Lipinski definition) is 0. The molecule has 0 unspecified atom stereocenters. The lowest BCUT2D eigenvalue weighted by Gasteiger charge is -2.12. The van der Waals surface area contributed by atoms with Crippen molar-refractivity contribution in [3.8, 4) is 28.5 Å². The van der Waals surface area contributed by atoms with Crippen LogP contribution >= 0.6 is 0 Å². The van der Waals surface area contributed by atoms with Crippen LogP contribution < -0.4 is 10.3 Å². The SMILES string of the molecule is COc1ccn2c(=O)c(-c3cnc(-c4ccccc4)o3)c(C(F)(F)F)nc2c1. The van der Waals surface area contributed by atoms with Gasteiger partial charge in [-0.3, -0.25) is 9.20 Å². The maximum atomic E-state index is 13.7. The molecular formula is C19H12F3N3O3. The number of halogens is 3. The van der Waals surface area contributed by atoms with E-state index < -0.39 is 23.0 Å². The molecule has 0 amide bonds. The third-order valence-electron chi connectivity index (χ3n) is 4.08. The van der Waals surface area contributed by atoms with Gasteiger partial charge in [0.25, 0.3) is 5.56 Å². The highest BCUT2D eigenvalue weighted by molar-refractivity contribution is 5.65. The summed E-state index contributed by atoms with van der Waals surface area (Å²) >= 11 is 0. The number of oxazole rings is 1. The number of pyridine rings is 1. The van der Waals surface area contributed by atoms with Crippen LogP contribution in [0.1, 0.15) is 5.69 Å². The third kappa shape index (κ3) is 3.00. The summed E-state index contributed by atoms with van der Waals surface area (Å²) in [5.41, 5.74) is -2.59. The summed E-state index contributed by atoms with van der Waals surface area (Å²) in [5, 5.41) is 0. The lowest BCUT2D eigenvalue weighted by atomic mass is 10.1. The van der Waals surface area contributed by atoms with Crippen LogP contribution in [0.3, 0.4) is 0 Å². The maximum absolute atomic E-state index is 13.7. The van der Waals surface area contributed by atoms with Gasteiger partial charge in [0.05, 0.1) is 13.3 Å². The van der Waals surface area contributed by atoms with Crippen molar-refractivity contribution in [2.75, 3.05) is 7.11 Å². The number of methoxy groups -OCH3 is 1. The van der Waals surface area contributed by atoms with Crippen molar-refractivity contribution in [1.82, 2.24) is 14.4 Å². The molecule has 28 heavy (non-hydrogen) atoms. The lowest BCUT2D eigenvalue weighted by Crippen LogP contribution is -2.23. The third-order valence-corrected chi connectivity index (χ3v) is 4.08. The van der Waals surface area contributed by atoms with Gasteiger partial charge < -0.3 is 9.15 Å². The van der Waals surface area contributed by atoms with Gasteiger partial charge >= 0.3 is 6.18 Å². The monoisotopic (exact) mass is 387 g/mol. The molecular weight excluding hydrogens is 375 g/mol. The zero-order chi connectivity index (χ0) is 19.9. The van der Waals surface area contributed by atoms with Gasteiger partial charge in [-0.1, -0.05) is 18.2 Å². The molecule has 3 aromatic heterocycles. The van der Waals surface area contributed by atoms with Crippen LogP contribution in [-0.2, 0) is 6.18 Å². The molecule has 0 atom stereocenters. The van der Waals surface area contributed by atoms with Crippen molar-refractivity contribution in [3.05, 3.63) is 70.9 Å². The first-order chi connectivity index (χ1) is 13.4. The number of aromatic nitrogens is 3. The van der Waals surface area contributed by atoms with E-state index in [1.54, 1.807) is 30.3 Å². The van der Waals surface area contributed by atoms with Crippen LogP contribution in [0.25, 0.3) is 28.4 Å². The fraction of sp³-hybridized carbons (Fsp3) is 0.105. The molecule has 0 fully saturated rings. The largest absolute Gasteiger partial charge is 0.497 e. The molecule has 3 heterocycles. The van der Waals surface area contributed by atoms with Crippen molar-refractivity contribution in [3.63, 3.8) is 0 Å². The molecule has 9 heteroatoms. The maximum Gasteiger partial charge on any atom is 0.434 e. The molecule has 4 rings (SSSR count). The highest BCUT2D eigenvalue weighted by atomic mass is 19.4.